The molecule has 3 heterocycles. The minimum Gasteiger partial charge on any atom is -0.477 e. The Kier molecular flexibility index (Phi) is 3.34. The lowest BCUT2D eigenvalue weighted by molar-refractivity contribution is -0.160. The molecule has 2 aliphatic carbocycles. The molecule has 0 amide bonds. The van der Waals surface area contributed by atoms with Gasteiger partial charge in [0.05, 0.1) is 11.0 Å². The minimum absolute atomic E-state index is 0.0952. The highest BCUT2D eigenvalue weighted by atomic mass is 32.1. The maximum Gasteiger partial charge on any atom is 0.346 e. The predicted molar refractivity (Wildman–Crippen MR) is 95.3 cm³/mol. The van der Waals surface area contributed by atoms with Gasteiger partial charge >= 0.3 is 5.97 Å². The first-order valence-electron chi connectivity index (χ1n) is 8.98. The van der Waals surface area contributed by atoms with Gasteiger partial charge in [-0.15, -0.1) is 11.3 Å². The molecule has 7 heteroatoms. The van der Waals surface area contributed by atoms with Crippen LogP contribution in [0.15, 0.2) is 6.33 Å². The number of thiophene rings is 1. The average Bonchev–Trinajstić information content (AvgIpc) is 3.05. The maximum atomic E-state index is 11.4. The fourth-order valence-corrected chi connectivity index (χ4v) is 6.31. The van der Waals surface area contributed by atoms with Crippen molar-refractivity contribution in [2.45, 2.75) is 50.7 Å². The first kappa shape index (κ1) is 15.5. The van der Waals surface area contributed by atoms with Crippen LogP contribution in [0.4, 0.5) is 5.82 Å². The predicted octanol–water partition coefficient (Wildman–Crippen LogP) is 3.46. The van der Waals surface area contributed by atoms with Crippen molar-refractivity contribution < 1.29 is 14.6 Å². The summed E-state index contributed by atoms with van der Waals surface area (Å²) in [5.41, 5.74) is 0.850. The minimum atomic E-state index is -0.899. The van der Waals surface area contributed by atoms with Gasteiger partial charge in [0.25, 0.3) is 0 Å². The van der Waals surface area contributed by atoms with Gasteiger partial charge in [0.15, 0.2) is 0 Å². The topological polar surface area (TPSA) is 84.3 Å². The molecule has 2 N–H and O–H groups in total. The molecular formula is C18H21N3O3S. The Bertz CT molecular complexity index is 867. The maximum absolute atomic E-state index is 11.4. The standard InChI is InChI=1S/C18H21N3O3S/c1-9-13-15(19-8-20-16(13)25-14(9)17(22)23)21-12-3-2-5-18-10(4-6-24-18)7-11(12)18/h8,10-12H,2-7H2,1H3,(H,22,23)(H,19,20,21). The molecule has 1 saturated heterocycles. The molecule has 0 radical (unpaired) electrons. The first-order valence-corrected chi connectivity index (χ1v) is 9.79. The zero-order valence-electron chi connectivity index (χ0n) is 14.1. The van der Waals surface area contributed by atoms with Crippen molar-refractivity contribution in [3.05, 3.63) is 16.8 Å². The number of fused-ring (bicyclic) bond motifs is 1. The van der Waals surface area contributed by atoms with E-state index in [4.69, 9.17) is 4.74 Å². The lowest BCUT2D eigenvalue weighted by atomic mass is 9.53. The average molecular weight is 359 g/mol. The number of rotatable bonds is 3. The van der Waals surface area contributed by atoms with Crippen LogP contribution in [-0.4, -0.2) is 39.3 Å². The van der Waals surface area contributed by atoms with Crippen molar-refractivity contribution in [1.82, 2.24) is 9.97 Å². The lowest BCUT2D eigenvalue weighted by Crippen LogP contribution is -2.61. The SMILES string of the molecule is Cc1c(C(=O)O)sc2ncnc(NC3CCCC45OCCC4CC35)c12. The van der Waals surface area contributed by atoms with E-state index >= 15 is 0 Å². The van der Waals surface area contributed by atoms with E-state index in [0.29, 0.717) is 16.8 Å². The molecule has 2 saturated carbocycles. The largest absolute Gasteiger partial charge is 0.477 e. The summed E-state index contributed by atoms with van der Waals surface area (Å²) in [5.74, 6) is 1.14. The summed E-state index contributed by atoms with van der Waals surface area (Å²) in [6.45, 7) is 2.75. The number of nitrogens with zero attached hydrogens (tertiary/aromatic N) is 2. The number of carboxylic acid groups (broad SMARTS) is 1. The highest BCUT2D eigenvalue weighted by Crippen LogP contribution is 2.59. The van der Waals surface area contributed by atoms with Crippen LogP contribution < -0.4 is 5.32 Å². The van der Waals surface area contributed by atoms with Crippen molar-refractivity contribution in [2.75, 3.05) is 11.9 Å². The number of aryl methyl sites for hydroxylation is 1. The van der Waals surface area contributed by atoms with Gasteiger partial charge in [-0.3, -0.25) is 0 Å². The molecule has 132 valence electrons. The van der Waals surface area contributed by atoms with Crippen molar-refractivity contribution in [1.29, 1.82) is 0 Å². The van der Waals surface area contributed by atoms with Crippen LogP contribution in [-0.2, 0) is 4.74 Å². The highest BCUT2D eigenvalue weighted by molar-refractivity contribution is 7.20. The monoisotopic (exact) mass is 359 g/mol. The van der Waals surface area contributed by atoms with Gasteiger partial charge in [-0.05, 0) is 50.5 Å². The number of aromatic nitrogens is 2. The van der Waals surface area contributed by atoms with Crippen molar-refractivity contribution in [3.63, 3.8) is 0 Å². The third kappa shape index (κ3) is 2.08. The number of carbonyl (C=O) groups is 1. The molecule has 4 unspecified atom stereocenters. The summed E-state index contributed by atoms with van der Waals surface area (Å²) in [6.07, 6.45) is 7.42. The second-order valence-electron chi connectivity index (χ2n) is 7.54. The molecule has 1 aliphatic heterocycles. The molecule has 2 aromatic rings. The van der Waals surface area contributed by atoms with Crippen LogP contribution in [0.1, 0.15) is 47.3 Å². The van der Waals surface area contributed by atoms with Crippen LogP contribution >= 0.6 is 11.3 Å². The van der Waals surface area contributed by atoms with E-state index in [1.165, 1.54) is 43.3 Å². The Balaban J connectivity index is 1.49. The van der Waals surface area contributed by atoms with Gasteiger partial charge in [-0.25, -0.2) is 14.8 Å². The second-order valence-corrected chi connectivity index (χ2v) is 8.54. The van der Waals surface area contributed by atoms with E-state index in [0.717, 1.165) is 40.5 Å². The number of nitrogens with one attached hydrogen (secondary N) is 1. The van der Waals surface area contributed by atoms with Crippen LogP contribution in [0.3, 0.4) is 0 Å². The van der Waals surface area contributed by atoms with Gasteiger partial charge in [0, 0.05) is 18.6 Å². The summed E-state index contributed by atoms with van der Waals surface area (Å²) in [5, 5.41) is 13.9. The van der Waals surface area contributed by atoms with E-state index in [1.54, 1.807) is 0 Å². The van der Waals surface area contributed by atoms with E-state index in [1.807, 2.05) is 6.92 Å². The number of hydrogen-bond donors (Lipinski definition) is 2. The normalized spacial score (nSPS) is 33.6. The number of carboxylic acids is 1. The summed E-state index contributed by atoms with van der Waals surface area (Å²) in [7, 11) is 0. The molecule has 3 aliphatic rings. The van der Waals surface area contributed by atoms with E-state index in [9.17, 15) is 9.90 Å². The number of ether oxygens (including phenoxy) is 1. The fourth-order valence-electron chi connectivity index (χ4n) is 5.33. The lowest BCUT2D eigenvalue weighted by Gasteiger charge is -2.57. The molecule has 2 aromatic heterocycles. The van der Waals surface area contributed by atoms with Crippen LogP contribution in [0.25, 0.3) is 10.2 Å². The fraction of sp³-hybridized carbons (Fsp3) is 0.611. The molecule has 0 aromatic carbocycles. The Hall–Kier alpha value is -1.73. The van der Waals surface area contributed by atoms with Gasteiger partial charge in [0.1, 0.15) is 21.9 Å². The summed E-state index contributed by atoms with van der Waals surface area (Å²) < 4.78 is 6.21. The quantitative estimate of drug-likeness (QED) is 0.873. The van der Waals surface area contributed by atoms with E-state index in [-0.39, 0.29) is 5.60 Å². The van der Waals surface area contributed by atoms with Gasteiger partial charge < -0.3 is 15.2 Å². The molecule has 6 nitrogen and oxygen atoms in total. The third-order valence-corrected chi connectivity index (χ3v) is 7.69. The molecule has 0 bridgehead atoms. The van der Waals surface area contributed by atoms with E-state index < -0.39 is 5.97 Å². The van der Waals surface area contributed by atoms with E-state index in [2.05, 4.69) is 15.3 Å². The number of aromatic carboxylic acids is 1. The smallest absolute Gasteiger partial charge is 0.346 e. The van der Waals surface area contributed by atoms with Crippen LogP contribution in [0, 0.1) is 18.8 Å². The Morgan fingerprint density at radius 1 is 1.44 bits per heavy atom. The first-order chi connectivity index (χ1) is 12.1. The Morgan fingerprint density at radius 2 is 2.32 bits per heavy atom. The zero-order valence-corrected chi connectivity index (χ0v) is 14.9. The van der Waals surface area contributed by atoms with Crippen molar-refractivity contribution in [3.8, 4) is 0 Å². The summed E-state index contributed by atoms with van der Waals surface area (Å²) in [6, 6.07) is 0.341. The number of anilines is 1. The van der Waals surface area contributed by atoms with Gasteiger partial charge in [-0.1, -0.05) is 0 Å². The Labute approximate surface area is 149 Å². The summed E-state index contributed by atoms with van der Waals surface area (Å²) >= 11 is 1.22. The van der Waals surface area contributed by atoms with Gasteiger partial charge in [0.2, 0.25) is 0 Å². The van der Waals surface area contributed by atoms with Crippen molar-refractivity contribution >= 4 is 33.3 Å². The molecule has 4 atom stereocenters. The van der Waals surface area contributed by atoms with Gasteiger partial charge in [-0.2, -0.15) is 0 Å². The zero-order chi connectivity index (χ0) is 17.2. The summed E-state index contributed by atoms with van der Waals surface area (Å²) in [4.78, 5) is 21.3. The second kappa shape index (κ2) is 5.38. The third-order valence-electron chi connectivity index (χ3n) is 6.51. The molecule has 1 spiro atoms. The van der Waals surface area contributed by atoms with Crippen molar-refractivity contribution in [2.24, 2.45) is 11.8 Å². The molecular weight excluding hydrogens is 338 g/mol. The number of hydrogen-bond acceptors (Lipinski definition) is 6. The Morgan fingerprint density at radius 3 is 3.12 bits per heavy atom. The highest BCUT2D eigenvalue weighted by Gasteiger charge is 2.62. The molecule has 3 fully saturated rings. The molecule has 25 heavy (non-hydrogen) atoms. The van der Waals surface area contributed by atoms with Crippen LogP contribution in [0.5, 0.6) is 0 Å². The van der Waals surface area contributed by atoms with Crippen LogP contribution in [0.2, 0.25) is 0 Å². The molecule has 5 rings (SSSR count).